The summed E-state index contributed by atoms with van der Waals surface area (Å²) in [4.78, 5) is 20.5. The number of aromatic amines is 1. The van der Waals surface area contributed by atoms with Crippen LogP contribution in [-0.4, -0.2) is 35.6 Å². The number of rotatable bonds is 6. The standard InChI is InChI=1S/C13H23N5O/c1-2-3-7-18(8-10-5-4-6-15-10)12-11(14)13(19)17-9-16-12/h9-10,15H,2-8,14H2,1H3,(H,16,17,19). The van der Waals surface area contributed by atoms with Gasteiger partial charge in [-0.25, -0.2) is 4.98 Å². The second-order valence-electron chi connectivity index (χ2n) is 5.06. The summed E-state index contributed by atoms with van der Waals surface area (Å²) in [6, 6.07) is 0.470. The molecule has 2 rings (SSSR count). The molecule has 1 aromatic heterocycles. The summed E-state index contributed by atoms with van der Waals surface area (Å²) in [5.74, 6) is 0.617. The Labute approximate surface area is 113 Å². The molecule has 0 radical (unpaired) electrons. The maximum absolute atomic E-state index is 11.6. The summed E-state index contributed by atoms with van der Waals surface area (Å²) < 4.78 is 0. The summed E-state index contributed by atoms with van der Waals surface area (Å²) in [7, 11) is 0. The molecule has 0 amide bonds. The highest BCUT2D eigenvalue weighted by Gasteiger charge is 2.20. The van der Waals surface area contributed by atoms with Crippen LogP contribution in [0.2, 0.25) is 0 Å². The molecular weight excluding hydrogens is 242 g/mol. The molecule has 0 aliphatic carbocycles. The molecule has 0 bridgehead atoms. The fourth-order valence-electron chi connectivity index (χ4n) is 2.46. The van der Waals surface area contributed by atoms with Gasteiger partial charge in [0.1, 0.15) is 5.69 Å². The van der Waals surface area contributed by atoms with Crippen LogP contribution in [0.25, 0.3) is 0 Å². The van der Waals surface area contributed by atoms with E-state index in [-0.39, 0.29) is 11.2 Å². The van der Waals surface area contributed by atoms with E-state index in [1.165, 1.54) is 19.2 Å². The molecule has 1 unspecified atom stereocenters. The van der Waals surface area contributed by atoms with Crippen molar-refractivity contribution in [3.05, 3.63) is 16.7 Å². The van der Waals surface area contributed by atoms with Gasteiger partial charge in [0.15, 0.2) is 5.82 Å². The lowest BCUT2D eigenvalue weighted by molar-refractivity contribution is 0.569. The Hall–Kier alpha value is -1.56. The number of anilines is 2. The van der Waals surface area contributed by atoms with Gasteiger partial charge in [-0.05, 0) is 25.8 Å². The summed E-state index contributed by atoms with van der Waals surface area (Å²) in [6.07, 6.45) is 5.99. The highest BCUT2D eigenvalue weighted by atomic mass is 16.1. The fraction of sp³-hybridized carbons (Fsp3) is 0.692. The van der Waals surface area contributed by atoms with Crippen LogP contribution in [0.15, 0.2) is 11.1 Å². The van der Waals surface area contributed by atoms with Crippen molar-refractivity contribution < 1.29 is 0 Å². The molecule has 2 heterocycles. The molecule has 0 spiro atoms. The Morgan fingerprint density at radius 2 is 2.42 bits per heavy atom. The van der Waals surface area contributed by atoms with Crippen molar-refractivity contribution in [2.45, 2.75) is 38.6 Å². The molecule has 6 nitrogen and oxygen atoms in total. The molecule has 106 valence electrons. The molecule has 1 saturated heterocycles. The van der Waals surface area contributed by atoms with Gasteiger partial charge in [-0.15, -0.1) is 0 Å². The third-order valence-electron chi connectivity index (χ3n) is 3.55. The van der Waals surface area contributed by atoms with Gasteiger partial charge < -0.3 is 20.9 Å². The number of unbranched alkanes of at least 4 members (excludes halogenated alkanes) is 1. The first-order valence-electron chi connectivity index (χ1n) is 7.04. The molecule has 1 atom stereocenters. The van der Waals surface area contributed by atoms with E-state index < -0.39 is 0 Å². The maximum Gasteiger partial charge on any atom is 0.276 e. The zero-order valence-electron chi connectivity index (χ0n) is 11.5. The molecule has 1 aliphatic rings. The van der Waals surface area contributed by atoms with Gasteiger partial charge in [0.25, 0.3) is 5.56 Å². The predicted molar refractivity (Wildman–Crippen MR) is 77.4 cm³/mol. The van der Waals surface area contributed by atoms with E-state index in [0.717, 1.165) is 32.5 Å². The van der Waals surface area contributed by atoms with Crippen molar-refractivity contribution >= 4 is 11.5 Å². The minimum Gasteiger partial charge on any atom is -0.391 e. The van der Waals surface area contributed by atoms with E-state index in [2.05, 4.69) is 27.1 Å². The van der Waals surface area contributed by atoms with Crippen molar-refractivity contribution in [2.75, 3.05) is 30.3 Å². The lowest BCUT2D eigenvalue weighted by Crippen LogP contribution is -2.39. The summed E-state index contributed by atoms with van der Waals surface area (Å²) in [6.45, 7) is 4.97. The van der Waals surface area contributed by atoms with E-state index in [1.807, 2.05) is 0 Å². The normalized spacial score (nSPS) is 18.7. The third kappa shape index (κ3) is 3.47. The van der Waals surface area contributed by atoms with Crippen LogP contribution in [0.3, 0.4) is 0 Å². The van der Waals surface area contributed by atoms with E-state index in [4.69, 9.17) is 5.73 Å². The van der Waals surface area contributed by atoms with Crippen molar-refractivity contribution in [3.63, 3.8) is 0 Å². The molecule has 0 saturated carbocycles. The van der Waals surface area contributed by atoms with Crippen molar-refractivity contribution in [1.82, 2.24) is 15.3 Å². The molecule has 4 N–H and O–H groups in total. The van der Waals surface area contributed by atoms with Crippen LogP contribution < -0.4 is 21.5 Å². The highest BCUT2D eigenvalue weighted by molar-refractivity contribution is 5.60. The first-order chi connectivity index (χ1) is 9.22. The Balaban J connectivity index is 2.15. The number of hydrogen-bond acceptors (Lipinski definition) is 5. The van der Waals surface area contributed by atoms with Crippen LogP contribution in [0.4, 0.5) is 11.5 Å². The molecule has 0 aromatic carbocycles. The van der Waals surface area contributed by atoms with Crippen molar-refractivity contribution in [3.8, 4) is 0 Å². The quantitative estimate of drug-likeness (QED) is 0.705. The van der Waals surface area contributed by atoms with Crippen molar-refractivity contribution in [1.29, 1.82) is 0 Å². The van der Waals surface area contributed by atoms with Crippen LogP contribution in [0, 0.1) is 0 Å². The number of nitrogens with one attached hydrogen (secondary N) is 2. The topological polar surface area (TPSA) is 87.0 Å². The van der Waals surface area contributed by atoms with Gasteiger partial charge in [-0.3, -0.25) is 4.79 Å². The number of nitrogen functional groups attached to an aromatic ring is 1. The van der Waals surface area contributed by atoms with Gasteiger partial charge in [0.05, 0.1) is 6.33 Å². The van der Waals surface area contributed by atoms with Crippen LogP contribution in [0.1, 0.15) is 32.6 Å². The average molecular weight is 265 g/mol. The van der Waals surface area contributed by atoms with Gasteiger partial charge in [-0.2, -0.15) is 0 Å². The Morgan fingerprint density at radius 3 is 3.11 bits per heavy atom. The smallest absolute Gasteiger partial charge is 0.276 e. The largest absolute Gasteiger partial charge is 0.391 e. The van der Waals surface area contributed by atoms with Crippen LogP contribution >= 0.6 is 0 Å². The van der Waals surface area contributed by atoms with E-state index in [0.29, 0.717) is 11.9 Å². The minimum atomic E-state index is -0.258. The Morgan fingerprint density at radius 1 is 1.58 bits per heavy atom. The zero-order chi connectivity index (χ0) is 13.7. The molecule has 1 fully saturated rings. The summed E-state index contributed by atoms with van der Waals surface area (Å²) >= 11 is 0. The second-order valence-corrected chi connectivity index (χ2v) is 5.06. The zero-order valence-corrected chi connectivity index (χ0v) is 11.5. The number of hydrogen-bond donors (Lipinski definition) is 3. The number of nitrogens with two attached hydrogens (primary N) is 1. The Kier molecular flexibility index (Phi) is 4.79. The van der Waals surface area contributed by atoms with E-state index >= 15 is 0 Å². The second kappa shape index (κ2) is 6.56. The van der Waals surface area contributed by atoms with Gasteiger partial charge in [0, 0.05) is 19.1 Å². The Bertz CT molecular complexity index is 453. The number of H-pyrrole nitrogens is 1. The lowest BCUT2D eigenvalue weighted by Gasteiger charge is -2.27. The molecule has 6 heteroatoms. The van der Waals surface area contributed by atoms with Gasteiger partial charge in [-0.1, -0.05) is 13.3 Å². The maximum atomic E-state index is 11.6. The molecule has 1 aromatic rings. The lowest BCUT2D eigenvalue weighted by atomic mass is 10.2. The SMILES string of the molecule is CCCCN(CC1CCCN1)c1nc[nH]c(=O)c1N. The predicted octanol–water partition coefficient (Wildman–Crippen LogP) is 0.711. The first kappa shape index (κ1) is 13.9. The van der Waals surface area contributed by atoms with E-state index in [1.54, 1.807) is 0 Å². The van der Waals surface area contributed by atoms with E-state index in [9.17, 15) is 4.79 Å². The number of nitrogens with zero attached hydrogens (tertiary/aromatic N) is 2. The van der Waals surface area contributed by atoms with Gasteiger partial charge >= 0.3 is 0 Å². The van der Waals surface area contributed by atoms with Crippen LogP contribution in [-0.2, 0) is 0 Å². The minimum absolute atomic E-state index is 0.219. The van der Waals surface area contributed by atoms with Crippen molar-refractivity contribution in [2.24, 2.45) is 0 Å². The fourth-order valence-corrected chi connectivity index (χ4v) is 2.46. The molecule has 19 heavy (non-hydrogen) atoms. The third-order valence-corrected chi connectivity index (χ3v) is 3.55. The average Bonchev–Trinajstić information content (AvgIpc) is 2.91. The molecular formula is C13H23N5O. The summed E-state index contributed by atoms with van der Waals surface area (Å²) in [5, 5.41) is 3.47. The summed E-state index contributed by atoms with van der Waals surface area (Å²) in [5.41, 5.74) is 5.82. The first-order valence-corrected chi connectivity index (χ1v) is 7.04. The highest BCUT2D eigenvalue weighted by Crippen LogP contribution is 2.18. The number of aromatic nitrogens is 2. The van der Waals surface area contributed by atoms with Gasteiger partial charge in [0.2, 0.25) is 0 Å². The van der Waals surface area contributed by atoms with Crippen LogP contribution in [0.5, 0.6) is 0 Å². The molecule has 1 aliphatic heterocycles. The monoisotopic (exact) mass is 265 g/mol.